The van der Waals surface area contributed by atoms with E-state index in [0.29, 0.717) is 5.56 Å². The smallest absolute Gasteiger partial charge is 0.0879 e. The van der Waals surface area contributed by atoms with Crippen LogP contribution in [0.25, 0.3) is 11.3 Å². The zero-order valence-electron chi connectivity index (χ0n) is 21.4. The molecule has 0 spiro atoms. The second-order valence-electron chi connectivity index (χ2n) is 7.02. The first kappa shape index (κ1) is 13.9. The molecule has 140 valence electrons. The van der Waals surface area contributed by atoms with E-state index in [1.165, 1.54) is 29.4 Å². The Bertz CT molecular complexity index is 1030. The molecule has 3 rings (SSSR count). The molecule has 0 aliphatic carbocycles. The van der Waals surface area contributed by atoms with Crippen molar-refractivity contribution in [3.63, 3.8) is 0 Å². The first-order valence-corrected chi connectivity index (χ1v) is 12.4. The van der Waals surface area contributed by atoms with E-state index in [1.54, 1.807) is 36.4 Å². The highest BCUT2D eigenvalue weighted by Crippen LogP contribution is 2.24. The van der Waals surface area contributed by atoms with Gasteiger partial charge in [0.2, 0.25) is 0 Å². The van der Waals surface area contributed by atoms with Gasteiger partial charge in [-0.15, -0.1) is 0 Å². The Morgan fingerprint density at radius 3 is 2.26 bits per heavy atom. The normalized spacial score (nSPS) is 15.3. The standard InChI is InChI=1S/C25H31NSi/c1-5-27(6-2,7-3)24-15-16-25(26-19-24)22-14-13-20(4)23(18-22)17-21-11-9-8-10-12-21/h8-16,18-19H,5-7,17H2,1-4H3/i4D3,17D2. The van der Waals surface area contributed by atoms with Crippen LogP contribution in [0.3, 0.4) is 0 Å². The highest BCUT2D eigenvalue weighted by Gasteiger charge is 2.29. The molecular weight excluding hydrogens is 342 g/mol. The average molecular weight is 379 g/mol. The second kappa shape index (κ2) is 8.66. The van der Waals surface area contributed by atoms with Crippen LogP contribution in [-0.4, -0.2) is 13.1 Å². The van der Waals surface area contributed by atoms with Crippen molar-refractivity contribution in [2.75, 3.05) is 0 Å². The molecule has 0 N–H and O–H groups in total. The number of hydrogen-bond donors (Lipinski definition) is 0. The summed E-state index contributed by atoms with van der Waals surface area (Å²) < 4.78 is 41.4. The van der Waals surface area contributed by atoms with Crippen molar-refractivity contribution in [3.05, 3.63) is 83.6 Å². The summed E-state index contributed by atoms with van der Waals surface area (Å²) in [6.07, 6.45) is 0.0247. The molecule has 1 heterocycles. The zero-order chi connectivity index (χ0) is 23.6. The number of hydrogen-bond acceptors (Lipinski definition) is 1. The third-order valence-corrected chi connectivity index (χ3v) is 11.4. The van der Waals surface area contributed by atoms with Gasteiger partial charge < -0.3 is 0 Å². The van der Waals surface area contributed by atoms with Crippen LogP contribution < -0.4 is 5.19 Å². The molecule has 2 heteroatoms. The summed E-state index contributed by atoms with van der Waals surface area (Å²) in [5.74, 6) is 0. The first-order valence-electron chi connectivity index (χ1n) is 12.3. The van der Waals surface area contributed by atoms with Crippen molar-refractivity contribution in [2.24, 2.45) is 0 Å². The number of benzene rings is 2. The highest BCUT2D eigenvalue weighted by atomic mass is 28.3. The Hall–Kier alpha value is -2.19. The summed E-state index contributed by atoms with van der Waals surface area (Å²) in [5, 5.41) is 1.34. The summed E-state index contributed by atoms with van der Waals surface area (Å²) in [4.78, 5) is 4.72. The lowest BCUT2D eigenvalue weighted by Gasteiger charge is -2.28. The van der Waals surface area contributed by atoms with Crippen molar-refractivity contribution in [3.8, 4) is 11.3 Å². The zero-order valence-corrected chi connectivity index (χ0v) is 17.4. The van der Waals surface area contributed by atoms with Gasteiger partial charge in [-0.05, 0) is 47.2 Å². The number of rotatable bonds is 7. The number of aromatic nitrogens is 1. The Morgan fingerprint density at radius 2 is 1.67 bits per heavy atom. The average Bonchev–Trinajstić information content (AvgIpc) is 2.80. The summed E-state index contributed by atoms with van der Waals surface area (Å²) in [6.45, 7) is 4.37. The van der Waals surface area contributed by atoms with Gasteiger partial charge in [0, 0.05) is 18.6 Å². The van der Waals surface area contributed by atoms with Gasteiger partial charge in [0.15, 0.2) is 0 Å². The van der Waals surface area contributed by atoms with Crippen LogP contribution in [0.1, 0.15) is 44.3 Å². The van der Waals surface area contributed by atoms with Gasteiger partial charge >= 0.3 is 0 Å². The molecule has 0 saturated carbocycles. The molecular formula is C25H31NSi. The predicted molar refractivity (Wildman–Crippen MR) is 120 cm³/mol. The van der Waals surface area contributed by atoms with Gasteiger partial charge in [0.25, 0.3) is 0 Å². The summed E-state index contributed by atoms with van der Waals surface area (Å²) in [7, 11) is -1.53. The van der Waals surface area contributed by atoms with Gasteiger partial charge in [0.1, 0.15) is 0 Å². The topological polar surface area (TPSA) is 12.9 Å². The van der Waals surface area contributed by atoms with Crippen molar-refractivity contribution in [1.29, 1.82) is 0 Å². The monoisotopic (exact) mass is 378 g/mol. The predicted octanol–water partition coefficient (Wildman–Crippen LogP) is 6.36. The van der Waals surface area contributed by atoms with E-state index in [1.807, 2.05) is 18.3 Å². The van der Waals surface area contributed by atoms with Gasteiger partial charge in [-0.2, -0.15) is 0 Å². The fourth-order valence-corrected chi connectivity index (χ4v) is 7.22. The molecule has 3 aromatic rings. The molecule has 1 nitrogen and oxygen atoms in total. The molecule has 0 aliphatic rings. The van der Waals surface area contributed by atoms with Crippen molar-refractivity contribution >= 4 is 13.3 Å². The van der Waals surface area contributed by atoms with E-state index in [4.69, 9.17) is 11.8 Å². The van der Waals surface area contributed by atoms with E-state index in [2.05, 4.69) is 26.8 Å². The van der Waals surface area contributed by atoms with Crippen LogP contribution in [0.5, 0.6) is 0 Å². The fraction of sp³-hybridized carbons (Fsp3) is 0.320. The quantitative estimate of drug-likeness (QED) is 0.436. The summed E-state index contributed by atoms with van der Waals surface area (Å²) in [6, 6.07) is 21.3. The summed E-state index contributed by atoms with van der Waals surface area (Å²) in [5.41, 5.74) is 2.06. The van der Waals surface area contributed by atoms with Crippen molar-refractivity contribution in [1.82, 2.24) is 4.98 Å². The fourth-order valence-electron chi connectivity index (χ4n) is 3.72. The van der Waals surface area contributed by atoms with E-state index in [-0.39, 0.29) is 11.1 Å². The van der Waals surface area contributed by atoms with Crippen molar-refractivity contribution < 1.29 is 6.85 Å². The molecule has 0 fully saturated rings. The Labute approximate surface area is 172 Å². The lowest BCUT2D eigenvalue weighted by Crippen LogP contribution is -2.45. The largest absolute Gasteiger partial charge is 0.256 e. The molecule has 1 aromatic heterocycles. The third kappa shape index (κ3) is 4.22. The SMILES string of the molecule is [2H]C([2H])([2H])c1ccc(-c2ccc([Si](CC)(CC)CC)cn2)cc1C([2H])([2H])c1ccccc1. The van der Waals surface area contributed by atoms with E-state index >= 15 is 0 Å². The van der Waals surface area contributed by atoms with Gasteiger partial charge in [0.05, 0.1) is 13.8 Å². The number of nitrogens with zero attached hydrogens (tertiary/aromatic N) is 1. The molecule has 0 bridgehead atoms. The van der Waals surface area contributed by atoms with Gasteiger partial charge in [-0.25, -0.2) is 0 Å². The van der Waals surface area contributed by atoms with Gasteiger partial charge in [-0.1, -0.05) is 87.4 Å². The van der Waals surface area contributed by atoms with Crippen LogP contribution in [0, 0.1) is 6.85 Å². The first-order chi connectivity index (χ1) is 15.1. The van der Waals surface area contributed by atoms with E-state index in [0.717, 1.165) is 11.3 Å². The highest BCUT2D eigenvalue weighted by molar-refractivity contribution is 6.91. The Balaban J connectivity index is 2.11. The molecule has 0 unspecified atom stereocenters. The Morgan fingerprint density at radius 1 is 0.926 bits per heavy atom. The molecule has 2 aromatic carbocycles. The van der Waals surface area contributed by atoms with E-state index in [9.17, 15) is 0 Å². The van der Waals surface area contributed by atoms with Crippen LogP contribution in [-0.2, 0) is 6.37 Å². The molecule has 0 saturated heterocycles. The molecule has 0 radical (unpaired) electrons. The molecule has 0 amide bonds. The molecule has 0 aliphatic heterocycles. The number of pyridine rings is 1. The van der Waals surface area contributed by atoms with Crippen LogP contribution in [0.2, 0.25) is 18.1 Å². The maximum absolute atomic E-state index is 8.78. The molecule has 27 heavy (non-hydrogen) atoms. The minimum atomic E-state index is -2.41. The lowest BCUT2D eigenvalue weighted by atomic mass is 9.97. The van der Waals surface area contributed by atoms with Crippen LogP contribution in [0.4, 0.5) is 0 Å². The van der Waals surface area contributed by atoms with Gasteiger partial charge in [-0.3, -0.25) is 4.98 Å². The van der Waals surface area contributed by atoms with Crippen molar-refractivity contribution in [2.45, 2.75) is 52.1 Å². The van der Waals surface area contributed by atoms with E-state index < -0.39 is 21.3 Å². The Kier molecular flexibility index (Phi) is 4.46. The second-order valence-corrected chi connectivity index (χ2v) is 12.3. The minimum Gasteiger partial charge on any atom is -0.256 e. The molecule has 0 atom stereocenters. The third-order valence-electron chi connectivity index (χ3n) is 5.77. The minimum absolute atomic E-state index is 0.0288. The maximum Gasteiger partial charge on any atom is 0.0879 e. The lowest BCUT2D eigenvalue weighted by molar-refractivity contribution is 1.15. The van der Waals surface area contributed by atoms with Crippen LogP contribution in [0.15, 0.2) is 66.9 Å². The summed E-state index contributed by atoms with van der Waals surface area (Å²) >= 11 is 0. The maximum atomic E-state index is 8.78. The van der Waals surface area contributed by atoms with Crippen LogP contribution >= 0.6 is 0 Å². The number of aryl methyl sites for hydroxylation is 1.